The van der Waals surface area contributed by atoms with Gasteiger partial charge in [0, 0.05) is 23.5 Å². The number of hydrogen-bond donors (Lipinski definition) is 1. The summed E-state index contributed by atoms with van der Waals surface area (Å²) in [5.41, 5.74) is -0.661. The zero-order chi connectivity index (χ0) is 35.2. The third kappa shape index (κ3) is 15.0. The second kappa shape index (κ2) is 18.4. The number of rotatable bonds is 14. The van der Waals surface area contributed by atoms with E-state index in [1.165, 1.54) is 29.4 Å². The Kier molecular flexibility index (Phi) is 15.4. The van der Waals surface area contributed by atoms with Gasteiger partial charge in [0.2, 0.25) is 0 Å². The number of hydrogen-bond acceptors (Lipinski definition) is 10. The van der Waals surface area contributed by atoms with Gasteiger partial charge in [-0.25, -0.2) is 23.8 Å². The number of aryl methyl sites for hydroxylation is 1. The average molecular weight is 677 g/mol. The molecule has 2 rings (SSSR count). The van der Waals surface area contributed by atoms with Crippen molar-refractivity contribution < 1.29 is 37.7 Å². The highest BCUT2D eigenvalue weighted by atomic mass is 32.1. The molecule has 1 heterocycles. The number of nitrogens with zero attached hydrogens (tertiary/aromatic N) is 3. The van der Waals surface area contributed by atoms with Crippen LogP contribution in [0.15, 0.2) is 18.2 Å². The lowest BCUT2D eigenvalue weighted by atomic mass is 10.2. The van der Waals surface area contributed by atoms with E-state index in [1.807, 2.05) is 19.0 Å². The molecule has 0 aliphatic heterocycles. The van der Waals surface area contributed by atoms with Crippen LogP contribution in [0.4, 0.5) is 19.1 Å². The predicted molar refractivity (Wildman–Crippen MR) is 181 cm³/mol. The van der Waals surface area contributed by atoms with E-state index in [2.05, 4.69) is 22.1 Å². The lowest BCUT2D eigenvalue weighted by molar-refractivity contribution is 0.0525. The van der Waals surface area contributed by atoms with Gasteiger partial charge in [-0.15, -0.1) is 11.3 Å². The quantitative estimate of drug-likeness (QED) is 0.105. The Labute approximate surface area is 282 Å². The summed E-state index contributed by atoms with van der Waals surface area (Å²) in [6.45, 7) is 12.2. The van der Waals surface area contributed by atoms with E-state index in [0.717, 1.165) is 0 Å². The first-order valence-electron chi connectivity index (χ1n) is 15.6. The van der Waals surface area contributed by atoms with Crippen molar-refractivity contribution in [2.75, 3.05) is 52.3 Å². The molecule has 47 heavy (non-hydrogen) atoms. The van der Waals surface area contributed by atoms with E-state index in [1.54, 1.807) is 53.7 Å². The molecule has 0 atom stereocenters. The van der Waals surface area contributed by atoms with Crippen LogP contribution in [0.25, 0.3) is 0 Å². The van der Waals surface area contributed by atoms with Gasteiger partial charge in [0.15, 0.2) is 22.4 Å². The molecule has 0 aliphatic carbocycles. The van der Waals surface area contributed by atoms with Crippen LogP contribution in [0, 0.1) is 17.7 Å². The van der Waals surface area contributed by atoms with E-state index in [0.29, 0.717) is 60.8 Å². The van der Waals surface area contributed by atoms with E-state index >= 15 is 0 Å². The van der Waals surface area contributed by atoms with Crippen molar-refractivity contribution in [3.8, 4) is 17.6 Å². The largest absolute Gasteiger partial charge is 0.491 e. The predicted octanol–water partition coefficient (Wildman–Crippen LogP) is 6.43. The number of alkyl carbamates (subject to hydrolysis) is 1. The summed E-state index contributed by atoms with van der Waals surface area (Å²) in [7, 11) is 5.08. The molecule has 11 nitrogen and oxygen atoms in total. The van der Waals surface area contributed by atoms with Crippen molar-refractivity contribution in [2.24, 2.45) is 0 Å². The van der Waals surface area contributed by atoms with E-state index in [9.17, 15) is 18.8 Å². The number of anilines is 1. The maximum atomic E-state index is 14.6. The number of halogens is 1. The Bertz CT molecular complexity index is 1400. The summed E-state index contributed by atoms with van der Waals surface area (Å²) in [5.74, 6) is 4.87. The van der Waals surface area contributed by atoms with Crippen molar-refractivity contribution in [1.82, 2.24) is 15.2 Å². The number of esters is 1. The lowest BCUT2D eigenvalue weighted by Gasteiger charge is -2.25. The average Bonchev–Trinajstić information content (AvgIpc) is 3.36. The molecule has 1 N–H and O–H groups in total. The zero-order valence-electron chi connectivity index (χ0n) is 29.1. The number of aromatic nitrogens is 1. The van der Waals surface area contributed by atoms with Crippen molar-refractivity contribution in [3.63, 3.8) is 0 Å². The van der Waals surface area contributed by atoms with Gasteiger partial charge >= 0.3 is 18.2 Å². The first-order chi connectivity index (χ1) is 22.0. The summed E-state index contributed by atoms with van der Waals surface area (Å²) in [6, 6.07) is 4.59. The Morgan fingerprint density at radius 2 is 1.70 bits per heavy atom. The molecule has 260 valence electrons. The van der Waals surface area contributed by atoms with Crippen molar-refractivity contribution >= 4 is 34.6 Å². The van der Waals surface area contributed by atoms with Crippen LogP contribution >= 0.6 is 11.3 Å². The second-order valence-corrected chi connectivity index (χ2v) is 14.1. The number of methoxy groups -OCH3 is 1. The van der Waals surface area contributed by atoms with Crippen LogP contribution in [0.5, 0.6) is 5.75 Å². The molecule has 0 bridgehead atoms. The first-order valence-corrected chi connectivity index (χ1v) is 16.4. The van der Waals surface area contributed by atoms with Gasteiger partial charge in [-0.3, -0.25) is 9.80 Å². The fraction of sp³-hybridized carbons (Fsp3) is 0.588. The van der Waals surface area contributed by atoms with Crippen LogP contribution in [-0.4, -0.2) is 86.7 Å². The van der Waals surface area contributed by atoms with Crippen LogP contribution in [0.3, 0.4) is 0 Å². The molecule has 0 unspecified atom stereocenters. The summed E-state index contributed by atoms with van der Waals surface area (Å²) in [6.07, 6.45) is 1.74. The lowest BCUT2D eigenvalue weighted by Crippen LogP contribution is -2.37. The summed E-state index contributed by atoms with van der Waals surface area (Å²) in [4.78, 5) is 46.2. The van der Waals surface area contributed by atoms with Crippen molar-refractivity contribution in [3.05, 3.63) is 40.2 Å². The minimum Gasteiger partial charge on any atom is -0.491 e. The Morgan fingerprint density at radius 1 is 1.00 bits per heavy atom. The smallest absolute Gasteiger partial charge is 0.416 e. The van der Waals surface area contributed by atoms with Gasteiger partial charge in [0.1, 0.15) is 11.2 Å². The number of carbonyl (C=O) groups is 3. The maximum absolute atomic E-state index is 14.6. The Hall–Kier alpha value is -3.89. The highest BCUT2D eigenvalue weighted by Crippen LogP contribution is 2.30. The Balaban J connectivity index is 2.07. The van der Waals surface area contributed by atoms with Gasteiger partial charge in [-0.05, 0) is 106 Å². The van der Waals surface area contributed by atoms with Gasteiger partial charge in [0.25, 0.3) is 0 Å². The molecule has 0 spiro atoms. The SMILES string of the molecule is COC(=O)c1nc(N(CCCCCNC(=O)OC(C)(C)C)C(=O)OC(C)(C)C)sc1CCCOc1ccc(C#CCN(C)C)cc1F. The van der Waals surface area contributed by atoms with Gasteiger partial charge in [-0.2, -0.15) is 0 Å². The van der Waals surface area contributed by atoms with Crippen molar-refractivity contribution in [2.45, 2.75) is 84.8 Å². The Morgan fingerprint density at radius 3 is 2.32 bits per heavy atom. The van der Waals surface area contributed by atoms with E-state index in [4.69, 9.17) is 18.9 Å². The molecule has 2 amide bonds. The molecule has 1 aromatic heterocycles. The number of amides is 2. The monoisotopic (exact) mass is 676 g/mol. The van der Waals surface area contributed by atoms with Gasteiger partial charge in [-0.1, -0.05) is 11.8 Å². The third-order valence-corrected chi connectivity index (χ3v) is 7.14. The second-order valence-electron chi connectivity index (χ2n) is 13.0. The minimum absolute atomic E-state index is 0.106. The minimum atomic E-state index is -0.748. The number of nitrogens with one attached hydrogen (secondary N) is 1. The fourth-order valence-corrected chi connectivity index (χ4v) is 5.05. The highest BCUT2D eigenvalue weighted by molar-refractivity contribution is 7.16. The zero-order valence-corrected chi connectivity index (χ0v) is 29.9. The molecule has 0 aliphatic rings. The van der Waals surface area contributed by atoms with Crippen LogP contribution in [0.2, 0.25) is 0 Å². The molecule has 1 aromatic carbocycles. The van der Waals surface area contributed by atoms with E-state index < -0.39 is 35.2 Å². The number of benzene rings is 1. The summed E-state index contributed by atoms with van der Waals surface area (Å²) in [5, 5.41) is 3.03. The summed E-state index contributed by atoms with van der Waals surface area (Å²) < 4.78 is 36.1. The molecule has 0 fully saturated rings. The number of ether oxygens (including phenoxy) is 4. The van der Waals surface area contributed by atoms with Crippen LogP contribution in [-0.2, 0) is 20.6 Å². The normalized spacial score (nSPS) is 11.4. The van der Waals surface area contributed by atoms with Gasteiger partial charge in [0.05, 0.1) is 20.3 Å². The number of unbranched alkanes of at least 4 members (excludes halogenated alkanes) is 2. The molecule has 0 saturated carbocycles. The van der Waals surface area contributed by atoms with Gasteiger partial charge < -0.3 is 24.3 Å². The standard InChI is InChI=1S/C34H49FN4O7S/c1-33(2,3)45-31(41)36-19-11-10-12-21-39(32(42)46-34(4,5)6)30-37-28(29(40)43-9)27(47-30)16-14-22-44-26-18-17-24(23-25(26)35)15-13-20-38(7)8/h17-18,23H,10-12,14,16,19-22H2,1-9H3,(H,36,41). The van der Waals surface area contributed by atoms with E-state index in [-0.39, 0.29) is 24.6 Å². The topological polar surface area (TPSA) is 120 Å². The molecule has 2 aromatic rings. The molecule has 0 saturated heterocycles. The number of carbonyl (C=O) groups excluding carboxylic acids is 3. The fourth-order valence-electron chi connectivity index (χ4n) is 3.95. The molecular formula is C34H49FN4O7S. The van der Waals surface area contributed by atoms with Crippen LogP contribution in [0.1, 0.15) is 88.2 Å². The van der Waals surface area contributed by atoms with Crippen molar-refractivity contribution in [1.29, 1.82) is 0 Å². The third-order valence-electron chi connectivity index (χ3n) is 6.00. The maximum Gasteiger partial charge on any atom is 0.416 e. The highest BCUT2D eigenvalue weighted by Gasteiger charge is 2.28. The molecular weight excluding hydrogens is 627 g/mol. The van der Waals surface area contributed by atoms with Crippen LogP contribution < -0.4 is 15.0 Å². The summed E-state index contributed by atoms with van der Waals surface area (Å²) >= 11 is 1.20. The molecule has 13 heteroatoms. The number of thiazole rings is 1. The first kappa shape index (κ1) is 39.3. The molecule has 0 radical (unpaired) electrons.